The van der Waals surface area contributed by atoms with E-state index in [4.69, 9.17) is 0 Å². The molecule has 0 aliphatic heterocycles. The van der Waals surface area contributed by atoms with Crippen LogP contribution in [0.1, 0.15) is 47.0 Å². The van der Waals surface area contributed by atoms with E-state index in [-0.39, 0.29) is 0 Å². The fourth-order valence-electron chi connectivity index (χ4n) is 2.90. The van der Waals surface area contributed by atoms with Gasteiger partial charge in [0.05, 0.1) is 0 Å². The average Bonchev–Trinajstić information content (AvgIpc) is 2.79. The summed E-state index contributed by atoms with van der Waals surface area (Å²) in [6.45, 7) is 9.49. The second-order valence-corrected chi connectivity index (χ2v) is 7.92. The van der Waals surface area contributed by atoms with Crippen molar-refractivity contribution in [2.45, 2.75) is 51.9 Å². The lowest BCUT2D eigenvalue weighted by molar-refractivity contribution is 0.243. The molecule has 1 aromatic carbocycles. The van der Waals surface area contributed by atoms with Crippen LogP contribution in [-0.4, -0.2) is 4.86 Å². The van der Waals surface area contributed by atoms with E-state index in [9.17, 15) is 0 Å². The molecule has 1 heteroatoms. The van der Waals surface area contributed by atoms with E-state index in [1.165, 1.54) is 24.2 Å². The van der Waals surface area contributed by atoms with Crippen LogP contribution in [0, 0.1) is 17.3 Å². The van der Waals surface area contributed by atoms with Crippen molar-refractivity contribution >= 4 is 16.2 Å². The van der Waals surface area contributed by atoms with Crippen molar-refractivity contribution in [1.82, 2.24) is 0 Å². The van der Waals surface area contributed by atoms with Crippen LogP contribution in [0.3, 0.4) is 0 Å². The molecule has 0 spiro atoms. The standard InChI is InChI=1S/C17H25S/c1-13(18-16-8-6-5-7-9-16)14-10-11-15(12-14)17(2,3)4/h5-9,14-15H,10-12H2,1-4H3/q+1. The fraction of sp³-hybridized carbons (Fsp3) is 0.588. The summed E-state index contributed by atoms with van der Waals surface area (Å²) in [5.41, 5.74) is 0.479. The normalized spacial score (nSPS) is 25.4. The topological polar surface area (TPSA) is 0 Å². The third-order valence-corrected chi connectivity index (χ3v) is 5.42. The van der Waals surface area contributed by atoms with Crippen molar-refractivity contribution in [2.24, 2.45) is 17.3 Å². The summed E-state index contributed by atoms with van der Waals surface area (Å²) in [5, 5.41) is 0. The van der Waals surface area contributed by atoms with E-state index < -0.39 is 0 Å². The molecule has 0 nitrogen and oxygen atoms in total. The molecule has 2 atom stereocenters. The minimum Gasteiger partial charge on any atom is -0.0619 e. The molecule has 1 aliphatic rings. The third-order valence-electron chi connectivity index (χ3n) is 4.25. The largest absolute Gasteiger partial charge is 0.230 e. The summed E-state index contributed by atoms with van der Waals surface area (Å²) in [7, 11) is 0. The summed E-state index contributed by atoms with van der Waals surface area (Å²) >= 11 is 1.97. The second kappa shape index (κ2) is 5.52. The molecular weight excluding hydrogens is 236 g/mol. The number of rotatable bonds is 2. The van der Waals surface area contributed by atoms with Crippen LogP contribution >= 0.6 is 0 Å². The van der Waals surface area contributed by atoms with Crippen LogP contribution in [0.5, 0.6) is 0 Å². The average molecular weight is 261 g/mol. The molecule has 1 fully saturated rings. The minimum atomic E-state index is 0.479. The number of hydrogen-bond acceptors (Lipinski definition) is 0. The summed E-state index contributed by atoms with van der Waals surface area (Å²) < 4.78 is 0. The zero-order valence-corrected chi connectivity index (χ0v) is 12.9. The Balaban J connectivity index is 2.04. The van der Waals surface area contributed by atoms with Crippen LogP contribution in [0.2, 0.25) is 0 Å². The maximum atomic E-state index is 2.39. The predicted octanol–water partition coefficient (Wildman–Crippen LogP) is 4.78. The highest BCUT2D eigenvalue weighted by molar-refractivity contribution is 7.78. The highest BCUT2D eigenvalue weighted by Crippen LogP contribution is 2.42. The molecule has 1 saturated carbocycles. The van der Waals surface area contributed by atoms with Crippen molar-refractivity contribution in [3.63, 3.8) is 0 Å². The Kier molecular flexibility index (Phi) is 4.21. The summed E-state index contributed by atoms with van der Waals surface area (Å²) in [6.07, 6.45) is 4.17. The Labute approximate surface area is 116 Å². The molecule has 1 aromatic rings. The molecule has 2 unspecified atom stereocenters. The van der Waals surface area contributed by atoms with Crippen LogP contribution in [-0.2, 0) is 11.4 Å². The summed E-state index contributed by atoms with van der Waals surface area (Å²) in [6, 6.07) is 10.8. The van der Waals surface area contributed by atoms with Crippen molar-refractivity contribution in [1.29, 1.82) is 0 Å². The van der Waals surface area contributed by atoms with Crippen molar-refractivity contribution < 1.29 is 0 Å². The Morgan fingerprint density at radius 3 is 2.33 bits per heavy atom. The Morgan fingerprint density at radius 1 is 1.11 bits per heavy atom. The molecule has 0 heterocycles. The third kappa shape index (κ3) is 3.41. The first-order valence-electron chi connectivity index (χ1n) is 7.03. The lowest BCUT2D eigenvalue weighted by Crippen LogP contribution is -2.18. The van der Waals surface area contributed by atoms with Gasteiger partial charge in [0.15, 0.2) is 4.86 Å². The quantitative estimate of drug-likeness (QED) is 0.531. The first-order valence-corrected chi connectivity index (χ1v) is 7.85. The van der Waals surface area contributed by atoms with E-state index in [0.717, 1.165) is 11.8 Å². The predicted molar refractivity (Wildman–Crippen MR) is 83.0 cm³/mol. The van der Waals surface area contributed by atoms with Gasteiger partial charge in [0.1, 0.15) is 0 Å². The zero-order valence-electron chi connectivity index (χ0n) is 12.1. The van der Waals surface area contributed by atoms with Crippen LogP contribution in [0.4, 0.5) is 0 Å². The maximum Gasteiger partial charge on any atom is 0.230 e. The molecule has 0 radical (unpaired) electrons. The second-order valence-electron chi connectivity index (χ2n) is 6.60. The van der Waals surface area contributed by atoms with Gasteiger partial charge in [0.25, 0.3) is 0 Å². The number of benzene rings is 1. The van der Waals surface area contributed by atoms with Gasteiger partial charge in [-0.05, 0) is 30.6 Å². The number of hydrogen-bond donors (Lipinski definition) is 0. The van der Waals surface area contributed by atoms with Crippen LogP contribution in [0.25, 0.3) is 0 Å². The zero-order chi connectivity index (χ0) is 13.2. The van der Waals surface area contributed by atoms with Gasteiger partial charge >= 0.3 is 0 Å². The van der Waals surface area contributed by atoms with E-state index in [1.807, 2.05) is 11.4 Å². The molecule has 1 aliphatic carbocycles. The van der Waals surface area contributed by atoms with Gasteiger partial charge in [0, 0.05) is 25.0 Å². The first kappa shape index (κ1) is 13.7. The van der Waals surface area contributed by atoms with Crippen molar-refractivity contribution in [2.75, 3.05) is 0 Å². The molecule has 2 rings (SSSR count). The van der Waals surface area contributed by atoms with Gasteiger partial charge in [-0.2, -0.15) is 0 Å². The maximum absolute atomic E-state index is 2.39. The highest BCUT2D eigenvalue weighted by atomic mass is 32.1. The molecule has 0 bridgehead atoms. The molecule has 0 N–H and O–H groups in total. The van der Waals surface area contributed by atoms with Gasteiger partial charge in [-0.3, -0.25) is 0 Å². The molecule has 98 valence electrons. The van der Waals surface area contributed by atoms with E-state index in [1.54, 1.807) is 4.86 Å². The molecular formula is C17H25S+. The van der Waals surface area contributed by atoms with Crippen LogP contribution in [0.15, 0.2) is 35.2 Å². The molecule has 0 aromatic heterocycles. The molecule has 18 heavy (non-hydrogen) atoms. The Bertz CT molecular complexity index is 411. The fourth-order valence-corrected chi connectivity index (χ4v) is 3.94. The van der Waals surface area contributed by atoms with Gasteiger partial charge in [-0.15, -0.1) is 0 Å². The first-order chi connectivity index (χ1) is 8.47. The van der Waals surface area contributed by atoms with Gasteiger partial charge in [-0.1, -0.05) is 39.0 Å². The van der Waals surface area contributed by atoms with Gasteiger partial charge in [0.2, 0.25) is 16.2 Å². The molecule has 0 amide bonds. The van der Waals surface area contributed by atoms with Gasteiger partial charge < -0.3 is 0 Å². The van der Waals surface area contributed by atoms with Crippen LogP contribution < -0.4 is 0 Å². The van der Waals surface area contributed by atoms with E-state index in [2.05, 4.69) is 58.0 Å². The smallest absolute Gasteiger partial charge is 0.0619 e. The highest BCUT2D eigenvalue weighted by Gasteiger charge is 2.36. The van der Waals surface area contributed by atoms with E-state index in [0.29, 0.717) is 5.41 Å². The monoisotopic (exact) mass is 261 g/mol. The van der Waals surface area contributed by atoms with E-state index >= 15 is 0 Å². The minimum absolute atomic E-state index is 0.479. The SMILES string of the molecule is CC(=[S+]c1ccccc1)C1CCC(C(C)(C)C)C1. The Hall–Kier alpha value is -0.690. The lowest BCUT2D eigenvalue weighted by Gasteiger charge is -2.26. The van der Waals surface area contributed by atoms with Crippen molar-refractivity contribution in [3.05, 3.63) is 30.3 Å². The van der Waals surface area contributed by atoms with Crippen molar-refractivity contribution in [3.8, 4) is 0 Å². The van der Waals surface area contributed by atoms with Gasteiger partial charge in [-0.25, -0.2) is 0 Å². The summed E-state index contributed by atoms with van der Waals surface area (Å²) in [4.78, 5) is 2.99. The lowest BCUT2D eigenvalue weighted by atomic mass is 9.79. The molecule has 0 saturated heterocycles. The Morgan fingerprint density at radius 2 is 1.78 bits per heavy atom. The summed E-state index contributed by atoms with van der Waals surface area (Å²) in [5.74, 6) is 1.72.